The molecule has 0 saturated carbocycles. The molecule has 0 atom stereocenters. The standard InChI is InChI=1S/C11H16BrN3O2/c1-15(6-7-17-2)9-5-3-4-8(12)10(9)11(13)14-16/h3-5,16H,6-7H2,1-2H3,(H2,13,14). The maximum absolute atomic E-state index is 8.79. The lowest BCUT2D eigenvalue weighted by Crippen LogP contribution is -2.26. The summed E-state index contributed by atoms with van der Waals surface area (Å²) in [6.45, 7) is 1.33. The van der Waals surface area contributed by atoms with Gasteiger partial charge in [-0.25, -0.2) is 0 Å². The predicted octanol–water partition coefficient (Wildman–Crippen LogP) is 1.63. The Balaban J connectivity index is 3.10. The number of rotatable bonds is 5. The maximum atomic E-state index is 8.79. The molecule has 0 aliphatic heterocycles. The molecule has 1 aromatic carbocycles. The number of benzene rings is 1. The summed E-state index contributed by atoms with van der Waals surface area (Å²) < 4.78 is 5.81. The van der Waals surface area contributed by atoms with E-state index in [1.807, 2.05) is 30.1 Å². The third-order valence-corrected chi connectivity index (χ3v) is 3.06. The van der Waals surface area contributed by atoms with E-state index in [2.05, 4.69) is 21.1 Å². The highest BCUT2D eigenvalue weighted by Gasteiger charge is 2.14. The van der Waals surface area contributed by atoms with Gasteiger partial charge in [0.1, 0.15) is 0 Å². The van der Waals surface area contributed by atoms with Crippen molar-refractivity contribution in [1.29, 1.82) is 0 Å². The van der Waals surface area contributed by atoms with Crippen LogP contribution in [-0.4, -0.2) is 38.4 Å². The van der Waals surface area contributed by atoms with Crippen molar-refractivity contribution in [3.8, 4) is 0 Å². The second kappa shape index (κ2) is 6.46. The van der Waals surface area contributed by atoms with Gasteiger partial charge in [0.25, 0.3) is 0 Å². The molecule has 94 valence electrons. The fourth-order valence-electron chi connectivity index (χ4n) is 1.48. The van der Waals surface area contributed by atoms with Gasteiger partial charge in [-0.1, -0.05) is 11.2 Å². The van der Waals surface area contributed by atoms with Crippen LogP contribution in [0.4, 0.5) is 5.69 Å². The lowest BCUT2D eigenvalue weighted by atomic mass is 10.1. The number of oxime groups is 1. The van der Waals surface area contributed by atoms with Crippen molar-refractivity contribution in [3.05, 3.63) is 28.2 Å². The highest BCUT2D eigenvalue weighted by atomic mass is 79.9. The number of nitrogens with two attached hydrogens (primary N) is 1. The number of likely N-dealkylation sites (N-methyl/N-ethyl adjacent to an activating group) is 1. The number of amidine groups is 1. The van der Waals surface area contributed by atoms with Crippen molar-refractivity contribution in [3.63, 3.8) is 0 Å². The molecule has 0 unspecified atom stereocenters. The van der Waals surface area contributed by atoms with Crippen LogP contribution >= 0.6 is 15.9 Å². The monoisotopic (exact) mass is 301 g/mol. The van der Waals surface area contributed by atoms with Crippen LogP contribution in [0.5, 0.6) is 0 Å². The molecule has 0 radical (unpaired) electrons. The molecule has 1 aromatic rings. The SMILES string of the molecule is COCCN(C)c1cccc(Br)c1/C(N)=N/O. The summed E-state index contributed by atoms with van der Waals surface area (Å²) in [5.41, 5.74) is 7.23. The van der Waals surface area contributed by atoms with Gasteiger partial charge in [-0.3, -0.25) is 0 Å². The largest absolute Gasteiger partial charge is 0.409 e. The number of anilines is 1. The highest BCUT2D eigenvalue weighted by molar-refractivity contribution is 9.10. The van der Waals surface area contributed by atoms with E-state index in [-0.39, 0.29) is 5.84 Å². The van der Waals surface area contributed by atoms with Crippen LogP contribution in [0.1, 0.15) is 5.56 Å². The van der Waals surface area contributed by atoms with Crippen molar-refractivity contribution < 1.29 is 9.94 Å². The maximum Gasteiger partial charge on any atom is 0.173 e. The zero-order valence-electron chi connectivity index (χ0n) is 9.85. The Morgan fingerprint density at radius 2 is 2.29 bits per heavy atom. The molecule has 3 N–H and O–H groups in total. The molecular weight excluding hydrogens is 286 g/mol. The molecule has 0 fully saturated rings. The second-order valence-corrected chi connectivity index (χ2v) is 4.39. The van der Waals surface area contributed by atoms with Gasteiger partial charge in [0, 0.05) is 30.9 Å². The summed E-state index contributed by atoms with van der Waals surface area (Å²) >= 11 is 3.40. The predicted molar refractivity (Wildman–Crippen MR) is 71.8 cm³/mol. The van der Waals surface area contributed by atoms with Crippen LogP contribution in [0.3, 0.4) is 0 Å². The molecule has 0 aromatic heterocycles. The summed E-state index contributed by atoms with van der Waals surface area (Å²) in [4.78, 5) is 1.99. The Kier molecular flexibility index (Phi) is 5.24. The molecule has 6 heteroatoms. The van der Waals surface area contributed by atoms with E-state index < -0.39 is 0 Å². The van der Waals surface area contributed by atoms with E-state index in [0.717, 1.165) is 16.7 Å². The van der Waals surface area contributed by atoms with Gasteiger partial charge >= 0.3 is 0 Å². The molecule has 0 aliphatic carbocycles. The Morgan fingerprint density at radius 1 is 1.59 bits per heavy atom. The van der Waals surface area contributed by atoms with Crippen molar-refractivity contribution in [2.24, 2.45) is 10.9 Å². The van der Waals surface area contributed by atoms with Crippen molar-refractivity contribution in [2.75, 3.05) is 32.2 Å². The first kappa shape index (κ1) is 13.8. The Hall–Kier alpha value is -1.27. The van der Waals surface area contributed by atoms with Crippen molar-refractivity contribution in [2.45, 2.75) is 0 Å². The van der Waals surface area contributed by atoms with Crippen molar-refractivity contribution >= 4 is 27.5 Å². The molecule has 0 heterocycles. The fourth-order valence-corrected chi connectivity index (χ4v) is 2.04. The second-order valence-electron chi connectivity index (χ2n) is 3.53. The van der Waals surface area contributed by atoms with E-state index in [1.54, 1.807) is 7.11 Å². The molecule has 0 bridgehead atoms. The lowest BCUT2D eigenvalue weighted by molar-refractivity contribution is 0.206. The molecule has 17 heavy (non-hydrogen) atoms. The number of halogens is 1. The summed E-state index contributed by atoms with van der Waals surface area (Å²) in [6, 6.07) is 5.66. The minimum atomic E-state index is 0.0803. The highest BCUT2D eigenvalue weighted by Crippen LogP contribution is 2.26. The van der Waals surface area contributed by atoms with Gasteiger partial charge in [-0.15, -0.1) is 0 Å². The van der Waals surface area contributed by atoms with Gasteiger partial charge in [-0.05, 0) is 28.1 Å². The third-order valence-electron chi connectivity index (χ3n) is 2.40. The number of methoxy groups -OCH3 is 1. The zero-order valence-corrected chi connectivity index (χ0v) is 11.4. The summed E-state index contributed by atoms with van der Waals surface area (Å²) in [5, 5.41) is 11.8. The average molecular weight is 302 g/mol. The number of hydrogen-bond donors (Lipinski definition) is 2. The van der Waals surface area contributed by atoms with Crippen LogP contribution in [0.2, 0.25) is 0 Å². The van der Waals surface area contributed by atoms with E-state index in [4.69, 9.17) is 15.7 Å². The van der Waals surface area contributed by atoms with Gasteiger partial charge in [0.15, 0.2) is 5.84 Å². The Bertz CT molecular complexity index is 410. The van der Waals surface area contributed by atoms with E-state index in [9.17, 15) is 0 Å². The molecule has 0 saturated heterocycles. The molecular formula is C11H16BrN3O2. The molecule has 0 spiro atoms. The summed E-state index contributed by atoms with van der Waals surface area (Å²) in [5.74, 6) is 0.0803. The van der Waals surface area contributed by atoms with E-state index >= 15 is 0 Å². The number of nitrogens with zero attached hydrogens (tertiary/aromatic N) is 2. The lowest BCUT2D eigenvalue weighted by Gasteiger charge is -2.22. The van der Waals surface area contributed by atoms with Crippen molar-refractivity contribution in [1.82, 2.24) is 0 Å². The number of hydrogen-bond acceptors (Lipinski definition) is 4. The average Bonchev–Trinajstić information content (AvgIpc) is 2.34. The molecule has 1 rings (SSSR count). The van der Waals surface area contributed by atoms with Gasteiger partial charge in [-0.2, -0.15) is 0 Å². The zero-order chi connectivity index (χ0) is 12.8. The van der Waals surface area contributed by atoms with Crippen LogP contribution in [0.25, 0.3) is 0 Å². The molecule has 5 nitrogen and oxygen atoms in total. The first-order valence-corrected chi connectivity index (χ1v) is 5.87. The smallest absolute Gasteiger partial charge is 0.173 e. The Morgan fingerprint density at radius 3 is 2.88 bits per heavy atom. The minimum Gasteiger partial charge on any atom is -0.409 e. The topological polar surface area (TPSA) is 71.1 Å². The van der Waals surface area contributed by atoms with Crippen LogP contribution in [0.15, 0.2) is 27.8 Å². The van der Waals surface area contributed by atoms with Gasteiger partial charge < -0.3 is 20.6 Å². The Labute approximate surface area is 109 Å². The normalized spacial score (nSPS) is 11.6. The van der Waals surface area contributed by atoms with Gasteiger partial charge in [0.2, 0.25) is 0 Å². The summed E-state index contributed by atoms with van der Waals surface area (Å²) in [7, 11) is 3.58. The van der Waals surface area contributed by atoms with Crippen LogP contribution in [-0.2, 0) is 4.74 Å². The molecule has 0 aliphatic rings. The molecule has 0 amide bonds. The summed E-state index contributed by atoms with van der Waals surface area (Å²) in [6.07, 6.45) is 0. The quantitative estimate of drug-likeness (QED) is 0.375. The van der Waals surface area contributed by atoms with Gasteiger partial charge in [0.05, 0.1) is 12.2 Å². The number of ether oxygens (including phenoxy) is 1. The van der Waals surface area contributed by atoms with Crippen LogP contribution < -0.4 is 10.6 Å². The first-order valence-electron chi connectivity index (χ1n) is 5.08. The fraction of sp³-hybridized carbons (Fsp3) is 0.364. The van der Waals surface area contributed by atoms with Crippen LogP contribution in [0, 0.1) is 0 Å². The van der Waals surface area contributed by atoms with E-state index in [0.29, 0.717) is 12.2 Å². The minimum absolute atomic E-state index is 0.0803. The van der Waals surface area contributed by atoms with E-state index in [1.165, 1.54) is 0 Å². The third kappa shape index (κ3) is 3.34. The first-order chi connectivity index (χ1) is 8.11.